The lowest BCUT2D eigenvalue weighted by atomic mass is 9.89. The van der Waals surface area contributed by atoms with E-state index in [0.717, 1.165) is 54.2 Å². The number of amides is 1. The number of ketones is 1. The average Bonchev–Trinajstić information content (AvgIpc) is 3.43. The van der Waals surface area contributed by atoms with Crippen molar-refractivity contribution in [1.82, 2.24) is 20.0 Å². The van der Waals surface area contributed by atoms with Crippen LogP contribution in [0.5, 0.6) is 11.5 Å². The SMILES string of the molecule is COc1cc(-c2cn[nH]c2)ccc1CC(=O)C1COc2ccc(C(=O)N3CCN(C)CC3)cc2C1. The second-order valence-corrected chi connectivity index (χ2v) is 9.29. The van der Waals surface area contributed by atoms with E-state index in [1.165, 1.54) is 0 Å². The number of carbonyl (C=O) groups excluding carboxylic acids is 2. The van der Waals surface area contributed by atoms with Gasteiger partial charge in [0.2, 0.25) is 0 Å². The first-order valence-electron chi connectivity index (χ1n) is 11.9. The van der Waals surface area contributed by atoms with Crippen molar-refractivity contribution in [2.45, 2.75) is 12.8 Å². The number of aromatic amines is 1. The van der Waals surface area contributed by atoms with Crippen LogP contribution in [0, 0.1) is 5.92 Å². The van der Waals surface area contributed by atoms with Gasteiger partial charge in [0.05, 0.1) is 25.8 Å². The Hall–Kier alpha value is -3.65. The Morgan fingerprint density at radius 2 is 1.94 bits per heavy atom. The van der Waals surface area contributed by atoms with Gasteiger partial charge >= 0.3 is 0 Å². The van der Waals surface area contributed by atoms with Crippen LogP contribution in [0.4, 0.5) is 0 Å². The highest BCUT2D eigenvalue weighted by molar-refractivity contribution is 5.95. The lowest BCUT2D eigenvalue weighted by Gasteiger charge is -2.32. The smallest absolute Gasteiger partial charge is 0.253 e. The summed E-state index contributed by atoms with van der Waals surface area (Å²) in [4.78, 5) is 30.4. The Labute approximate surface area is 204 Å². The number of piperazine rings is 1. The van der Waals surface area contributed by atoms with E-state index >= 15 is 0 Å². The summed E-state index contributed by atoms with van der Waals surface area (Å²) < 4.78 is 11.5. The van der Waals surface area contributed by atoms with Gasteiger partial charge in [-0.05, 0) is 48.9 Å². The molecule has 1 amide bonds. The van der Waals surface area contributed by atoms with E-state index in [0.29, 0.717) is 24.3 Å². The molecular weight excluding hydrogens is 444 g/mol. The molecule has 3 heterocycles. The van der Waals surface area contributed by atoms with Gasteiger partial charge in [-0.25, -0.2) is 0 Å². The third-order valence-electron chi connectivity index (χ3n) is 6.94. The summed E-state index contributed by atoms with van der Waals surface area (Å²) in [6.07, 6.45) is 4.39. The van der Waals surface area contributed by atoms with Crippen molar-refractivity contribution in [3.8, 4) is 22.6 Å². The van der Waals surface area contributed by atoms with E-state index in [1.54, 1.807) is 13.3 Å². The normalized spacial score (nSPS) is 18.0. The molecule has 0 aliphatic carbocycles. The number of aromatic nitrogens is 2. The highest BCUT2D eigenvalue weighted by Crippen LogP contribution is 2.32. The van der Waals surface area contributed by atoms with Crippen LogP contribution in [0.25, 0.3) is 11.1 Å². The van der Waals surface area contributed by atoms with Crippen LogP contribution in [0.3, 0.4) is 0 Å². The lowest BCUT2D eigenvalue weighted by molar-refractivity contribution is -0.123. The van der Waals surface area contributed by atoms with Gasteiger partial charge in [0.1, 0.15) is 17.3 Å². The standard InChI is InChI=1S/C27H30N4O4/c1-30-7-9-31(10-8-30)27(33)20-5-6-25-21(11-20)12-22(17-35-25)24(32)13-19-4-3-18(14-26(19)34-2)23-15-28-29-16-23/h3-6,11,14-16,22H,7-10,12-13,17H2,1-2H3,(H,28,29). The van der Waals surface area contributed by atoms with Crippen LogP contribution >= 0.6 is 0 Å². The van der Waals surface area contributed by atoms with Crippen molar-refractivity contribution in [1.29, 1.82) is 0 Å². The molecule has 0 saturated carbocycles. The summed E-state index contributed by atoms with van der Waals surface area (Å²) in [5.41, 5.74) is 4.34. The lowest BCUT2D eigenvalue weighted by Crippen LogP contribution is -2.47. The maximum Gasteiger partial charge on any atom is 0.253 e. The summed E-state index contributed by atoms with van der Waals surface area (Å²) in [5.74, 6) is 1.30. The predicted molar refractivity (Wildman–Crippen MR) is 132 cm³/mol. The predicted octanol–water partition coefficient (Wildman–Crippen LogP) is 2.84. The number of likely N-dealkylation sites (N-methyl/N-ethyl adjacent to an activating group) is 1. The number of rotatable bonds is 6. The molecule has 3 aromatic rings. The van der Waals surface area contributed by atoms with Crippen molar-refractivity contribution < 1.29 is 19.1 Å². The molecule has 1 fully saturated rings. The van der Waals surface area contributed by atoms with Crippen molar-refractivity contribution in [2.75, 3.05) is 46.9 Å². The summed E-state index contributed by atoms with van der Waals surface area (Å²) in [6, 6.07) is 11.4. The largest absolute Gasteiger partial charge is 0.496 e. The van der Waals surface area contributed by atoms with E-state index < -0.39 is 0 Å². The topological polar surface area (TPSA) is 87.8 Å². The molecule has 182 valence electrons. The molecule has 0 bridgehead atoms. The van der Waals surface area contributed by atoms with Gasteiger partial charge in [0, 0.05) is 55.5 Å². The van der Waals surface area contributed by atoms with Crippen LogP contribution in [-0.2, 0) is 17.6 Å². The first kappa shape index (κ1) is 23.1. The minimum Gasteiger partial charge on any atom is -0.496 e. The first-order chi connectivity index (χ1) is 17.0. The number of fused-ring (bicyclic) bond motifs is 1. The molecule has 8 nitrogen and oxygen atoms in total. The molecule has 2 aliphatic rings. The number of methoxy groups -OCH3 is 1. The summed E-state index contributed by atoms with van der Waals surface area (Å²) >= 11 is 0. The van der Waals surface area contributed by atoms with E-state index in [1.807, 2.05) is 47.5 Å². The van der Waals surface area contributed by atoms with Crippen LogP contribution in [-0.4, -0.2) is 78.6 Å². The first-order valence-corrected chi connectivity index (χ1v) is 11.9. The third-order valence-corrected chi connectivity index (χ3v) is 6.94. The minimum absolute atomic E-state index is 0.0387. The molecule has 35 heavy (non-hydrogen) atoms. The molecular formula is C27H30N4O4. The zero-order chi connectivity index (χ0) is 24.4. The Morgan fingerprint density at radius 3 is 2.69 bits per heavy atom. The molecule has 1 aromatic heterocycles. The second kappa shape index (κ2) is 9.92. The second-order valence-electron chi connectivity index (χ2n) is 9.29. The number of hydrogen-bond acceptors (Lipinski definition) is 6. The Bertz CT molecular complexity index is 1220. The summed E-state index contributed by atoms with van der Waals surface area (Å²) in [6.45, 7) is 3.55. The van der Waals surface area contributed by atoms with E-state index in [4.69, 9.17) is 9.47 Å². The maximum atomic E-state index is 13.2. The van der Waals surface area contributed by atoms with Crippen LogP contribution in [0.15, 0.2) is 48.8 Å². The van der Waals surface area contributed by atoms with Gasteiger partial charge in [0.15, 0.2) is 0 Å². The number of nitrogens with one attached hydrogen (secondary N) is 1. The van der Waals surface area contributed by atoms with Gasteiger partial charge in [-0.2, -0.15) is 5.10 Å². The number of Topliss-reactive ketones (excluding diaryl/α,β-unsaturated/α-hetero) is 1. The maximum absolute atomic E-state index is 13.2. The Kier molecular flexibility index (Phi) is 6.55. The number of ether oxygens (including phenoxy) is 2. The molecule has 2 aliphatic heterocycles. The molecule has 2 aromatic carbocycles. The highest BCUT2D eigenvalue weighted by Gasteiger charge is 2.28. The number of carbonyl (C=O) groups is 2. The molecule has 8 heteroatoms. The quantitative estimate of drug-likeness (QED) is 0.591. The van der Waals surface area contributed by atoms with Crippen LogP contribution in [0.1, 0.15) is 21.5 Å². The molecule has 1 saturated heterocycles. The summed E-state index contributed by atoms with van der Waals surface area (Å²) in [5, 5.41) is 6.80. The Balaban J connectivity index is 1.28. The molecule has 0 radical (unpaired) electrons. The molecule has 1 unspecified atom stereocenters. The number of nitrogens with zero attached hydrogens (tertiary/aromatic N) is 3. The zero-order valence-electron chi connectivity index (χ0n) is 20.1. The van der Waals surface area contributed by atoms with Crippen molar-refractivity contribution in [3.05, 3.63) is 65.5 Å². The fourth-order valence-corrected chi connectivity index (χ4v) is 4.74. The fraction of sp³-hybridized carbons (Fsp3) is 0.370. The van der Waals surface area contributed by atoms with Crippen LogP contribution in [0.2, 0.25) is 0 Å². The van der Waals surface area contributed by atoms with Gasteiger partial charge in [-0.1, -0.05) is 12.1 Å². The monoisotopic (exact) mass is 474 g/mol. The van der Waals surface area contributed by atoms with Crippen molar-refractivity contribution >= 4 is 11.7 Å². The molecule has 0 spiro atoms. The van der Waals surface area contributed by atoms with E-state index in [9.17, 15) is 9.59 Å². The summed E-state index contributed by atoms with van der Waals surface area (Å²) in [7, 11) is 3.68. The minimum atomic E-state index is -0.269. The van der Waals surface area contributed by atoms with Gasteiger partial charge < -0.3 is 19.3 Å². The molecule has 5 rings (SSSR count). The highest BCUT2D eigenvalue weighted by atomic mass is 16.5. The molecule has 1 atom stereocenters. The van der Waals surface area contributed by atoms with E-state index in [2.05, 4.69) is 22.1 Å². The number of H-pyrrole nitrogens is 1. The molecule has 1 N–H and O–H groups in total. The Morgan fingerprint density at radius 1 is 1.11 bits per heavy atom. The van der Waals surface area contributed by atoms with Gasteiger partial charge in [0.25, 0.3) is 5.91 Å². The number of hydrogen-bond donors (Lipinski definition) is 1. The van der Waals surface area contributed by atoms with Gasteiger partial charge in [-0.15, -0.1) is 0 Å². The third kappa shape index (κ3) is 4.93. The average molecular weight is 475 g/mol. The zero-order valence-corrected chi connectivity index (χ0v) is 20.1. The van der Waals surface area contributed by atoms with Gasteiger partial charge in [-0.3, -0.25) is 14.7 Å². The van der Waals surface area contributed by atoms with Crippen LogP contribution < -0.4 is 9.47 Å². The van der Waals surface area contributed by atoms with Crippen molar-refractivity contribution in [2.24, 2.45) is 5.92 Å². The fourth-order valence-electron chi connectivity index (χ4n) is 4.74. The van der Waals surface area contributed by atoms with E-state index in [-0.39, 0.29) is 24.0 Å². The number of benzene rings is 2. The van der Waals surface area contributed by atoms with Crippen molar-refractivity contribution in [3.63, 3.8) is 0 Å².